The number of nitrogens with zero attached hydrogens (tertiary/aromatic N) is 1. The summed E-state index contributed by atoms with van der Waals surface area (Å²) in [5.74, 6) is 0. The third-order valence-corrected chi connectivity index (χ3v) is 4.63. The molecule has 1 saturated carbocycles. The van der Waals surface area contributed by atoms with Crippen molar-refractivity contribution in [2.45, 2.75) is 32.4 Å². The van der Waals surface area contributed by atoms with E-state index < -0.39 is 0 Å². The molecule has 3 aliphatic rings. The molecule has 0 aromatic rings. The minimum atomic E-state index is 0.326. The largest absolute Gasteiger partial charge is 0.380 e. The highest BCUT2D eigenvalue weighted by molar-refractivity contribution is 5.11. The first-order valence-corrected chi connectivity index (χ1v) is 5.61. The van der Waals surface area contributed by atoms with Gasteiger partial charge < -0.3 is 10.5 Å². The van der Waals surface area contributed by atoms with Gasteiger partial charge in [0.25, 0.3) is 0 Å². The average Bonchev–Trinajstić information content (AvgIpc) is 1.98. The van der Waals surface area contributed by atoms with E-state index in [0.717, 1.165) is 19.3 Å². The van der Waals surface area contributed by atoms with E-state index in [0.29, 0.717) is 16.9 Å². The van der Waals surface area contributed by atoms with Gasteiger partial charge in [0.1, 0.15) is 0 Å². The van der Waals surface area contributed by atoms with E-state index in [1.165, 1.54) is 19.5 Å². The Morgan fingerprint density at radius 2 is 1.93 bits per heavy atom. The maximum Gasteiger partial charge on any atom is 0.0569 e. The Hall–Kier alpha value is -0.120. The van der Waals surface area contributed by atoms with Crippen LogP contribution in [0.15, 0.2) is 0 Å². The first-order chi connectivity index (χ1) is 6.54. The Balaban J connectivity index is 1.60. The molecule has 3 fully saturated rings. The number of nitrogens with two attached hydrogens (primary N) is 1. The highest BCUT2D eigenvalue weighted by atomic mass is 16.5. The van der Waals surface area contributed by atoms with E-state index in [2.05, 4.69) is 18.7 Å². The van der Waals surface area contributed by atoms with Crippen LogP contribution in [-0.4, -0.2) is 43.3 Å². The van der Waals surface area contributed by atoms with E-state index >= 15 is 0 Å². The molecule has 1 spiro atoms. The van der Waals surface area contributed by atoms with Crippen LogP contribution in [0.5, 0.6) is 0 Å². The first-order valence-electron chi connectivity index (χ1n) is 5.61. The lowest BCUT2D eigenvalue weighted by atomic mass is 9.60. The summed E-state index contributed by atoms with van der Waals surface area (Å²) < 4.78 is 5.28. The monoisotopic (exact) mass is 196 g/mol. The van der Waals surface area contributed by atoms with Crippen molar-refractivity contribution in [1.82, 2.24) is 4.90 Å². The molecule has 0 aromatic carbocycles. The molecule has 3 rings (SSSR count). The Kier molecular flexibility index (Phi) is 1.64. The van der Waals surface area contributed by atoms with Gasteiger partial charge in [-0.1, -0.05) is 13.8 Å². The fourth-order valence-corrected chi connectivity index (χ4v) is 3.16. The molecule has 2 heterocycles. The molecule has 2 N–H and O–H groups in total. The maximum absolute atomic E-state index is 6.03. The molecule has 0 amide bonds. The van der Waals surface area contributed by atoms with E-state index in [-0.39, 0.29) is 0 Å². The van der Waals surface area contributed by atoms with Crippen molar-refractivity contribution in [3.63, 3.8) is 0 Å². The van der Waals surface area contributed by atoms with Crippen molar-refractivity contribution in [3.8, 4) is 0 Å². The Morgan fingerprint density at radius 3 is 2.29 bits per heavy atom. The van der Waals surface area contributed by atoms with E-state index in [1.54, 1.807) is 0 Å². The van der Waals surface area contributed by atoms with Gasteiger partial charge in [-0.2, -0.15) is 0 Å². The van der Waals surface area contributed by atoms with Gasteiger partial charge in [0, 0.05) is 30.6 Å². The summed E-state index contributed by atoms with van der Waals surface area (Å²) in [6.45, 7) is 9.06. The topological polar surface area (TPSA) is 38.5 Å². The molecule has 1 aliphatic carbocycles. The summed E-state index contributed by atoms with van der Waals surface area (Å²) in [5, 5.41) is 0. The van der Waals surface area contributed by atoms with Crippen molar-refractivity contribution < 1.29 is 4.74 Å². The Bertz CT molecular complexity index is 252. The van der Waals surface area contributed by atoms with Gasteiger partial charge in [-0.3, -0.25) is 4.90 Å². The fourth-order valence-electron chi connectivity index (χ4n) is 3.16. The zero-order valence-electron chi connectivity index (χ0n) is 9.12. The minimum absolute atomic E-state index is 0.326. The molecule has 3 nitrogen and oxygen atoms in total. The van der Waals surface area contributed by atoms with Gasteiger partial charge in [-0.15, -0.1) is 0 Å². The molecule has 3 heteroatoms. The third kappa shape index (κ3) is 0.980. The molecule has 2 saturated heterocycles. The van der Waals surface area contributed by atoms with Crippen molar-refractivity contribution in [3.05, 3.63) is 0 Å². The highest BCUT2D eigenvalue weighted by Crippen LogP contribution is 2.48. The summed E-state index contributed by atoms with van der Waals surface area (Å²) in [5.41, 5.74) is 6.90. The third-order valence-electron chi connectivity index (χ3n) is 4.63. The SMILES string of the molecule is CC1(C)C(N)CC1N1CC2(COC2)C1. The van der Waals surface area contributed by atoms with Crippen LogP contribution >= 0.6 is 0 Å². The van der Waals surface area contributed by atoms with Crippen LogP contribution in [0.4, 0.5) is 0 Å². The van der Waals surface area contributed by atoms with Crippen LogP contribution < -0.4 is 5.73 Å². The van der Waals surface area contributed by atoms with Crippen LogP contribution in [0.25, 0.3) is 0 Å². The first kappa shape index (κ1) is 9.13. The zero-order chi connectivity index (χ0) is 9.97. The number of hydrogen-bond donors (Lipinski definition) is 1. The molecule has 2 atom stereocenters. The van der Waals surface area contributed by atoms with Crippen molar-refractivity contribution >= 4 is 0 Å². The standard InChI is InChI=1S/C11H20N2O/c1-10(2)8(12)3-9(10)13-4-11(5-13)6-14-7-11/h8-9H,3-7,12H2,1-2H3. The molecule has 2 unspecified atom stereocenters. The van der Waals surface area contributed by atoms with Crippen LogP contribution in [0.1, 0.15) is 20.3 Å². The second kappa shape index (κ2) is 2.52. The summed E-state index contributed by atoms with van der Waals surface area (Å²) in [6, 6.07) is 1.13. The van der Waals surface area contributed by atoms with Crippen LogP contribution in [0, 0.1) is 10.8 Å². The number of ether oxygens (including phenoxy) is 1. The average molecular weight is 196 g/mol. The second-order valence-electron chi connectivity index (χ2n) is 6.08. The van der Waals surface area contributed by atoms with E-state index in [1.807, 2.05) is 0 Å². The Morgan fingerprint density at radius 1 is 1.29 bits per heavy atom. The fraction of sp³-hybridized carbons (Fsp3) is 1.00. The molecule has 0 radical (unpaired) electrons. The maximum atomic E-state index is 6.03. The van der Waals surface area contributed by atoms with Gasteiger partial charge in [0.05, 0.1) is 13.2 Å². The molecule has 80 valence electrons. The summed E-state index contributed by atoms with van der Waals surface area (Å²) in [6.07, 6.45) is 1.18. The van der Waals surface area contributed by atoms with Crippen molar-refractivity contribution in [2.75, 3.05) is 26.3 Å². The molecular weight excluding hydrogens is 176 g/mol. The van der Waals surface area contributed by atoms with Gasteiger partial charge >= 0.3 is 0 Å². The van der Waals surface area contributed by atoms with Crippen molar-refractivity contribution in [2.24, 2.45) is 16.6 Å². The second-order valence-corrected chi connectivity index (χ2v) is 6.08. The lowest BCUT2D eigenvalue weighted by molar-refractivity contribution is -0.220. The zero-order valence-corrected chi connectivity index (χ0v) is 9.12. The lowest BCUT2D eigenvalue weighted by Gasteiger charge is -2.64. The summed E-state index contributed by atoms with van der Waals surface area (Å²) in [4.78, 5) is 2.60. The van der Waals surface area contributed by atoms with Crippen molar-refractivity contribution in [1.29, 1.82) is 0 Å². The van der Waals surface area contributed by atoms with Crippen LogP contribution in [-0.2, 0) is 4.74 Å². The predicted molar refractivity (Wildman–Crippen MR) is 55.0 cm³/mol. The molecule has 2 aliphatic heterocycles. The van der Waals surface area contributed by atoms with Gasteiger partial charge in [-0.05, 0) is 11.8 Å². The lowest BCUT2D eigenvalue weighted by Crippen LogP contribution is -2.75. The van der Waals surface area contributed by atoms with Crippen LogP contribution in [0.3, 0.4) is 0 Å². The minimum Gasteiger partial charge on any atom is -0.380 e. The smallest absolute Gasteiger partial charge is 0.0569 e. The predicted octanol–water partition coefficient (Wildman–Crippen LogP) is 0.444. The molecule has 0 bridgehead atoms. The Labute approximate surface area is 85.6 Å². The van der Waals surface area contributed by atoms with Gasteiger partial charge in [-0.25, -0.2) is 0 Å². The van der Waals surface area contributed by atoms with E-state index in [9.17, 15) is 0 Å². The molecule has 0 aromatic heterocycles. The van der Waals surface area contributed by atoms with Gasteiger partial charge in [0.15, 0.2) is 0 Å². The quantitative estimate of drug-likeness (QED) is 0.661. The van der Waals surface area contributed by atoms with E-state index in [4.69, 9.17) is 10.5 Å². The number of rotatable bonds is 1. The number of likely N-dealkylation sites (tertiary alicyclic amines) is 1. The summed E-state index contributed by atoms with van der Waals surface area (Å²) in [7, 11) is 0. The number of hydrogen-bond acceptors (Lipinski definition) is 3. The molecular formula is C11H20N2O. The van der Waals surface area contributed by atoms with Crippen LogP contribution in [0.2, 0.25) is 0 Å². The summed E-state index contributed by atoms with van der Waals surface area (Å²) >= 11 is 0. The highest BCUT2D eigenvalue weighted by Gasteiger charge is 2.57. The van der Waals surface area contributed by atoms with Gasteiger partial charge in [0.2, 0.25) is 0 Å². The molecule has 14 heavy (non-hydrogen) atoms. The normalized spacial score (nSPS) is 43.9.